The zero-order valence-corrected chi connectivity index (χ0v) is 12.1. The average Bonchev–Trinajstić information content (AvgIpc) is 3.27. The van der Waals surface area contributed by atoms with E-state index in [1.54, 1.807) is 0 Å². The van der Waals surface area contributed by atoms with Crippen molar-refractivity contribution in [2.24, 2.45) is 5.92 Å². The second kappa shape index (κ2) is 6.24. The van der Waals surface area contributed by atoms with Gasteiger partial charge in [-0.05, 0) is 43.0 Å². The standard InChI is InChI=1S/C14H16N2O4S/c15-9-10-1-5-12(6-2-10)21(19,20)8-7-16-13(14(17)18)11-3-4-11/h1-2,5-6,11,13,16H,3-4,7-8H2,(H,17,18). The molecule has 0 radical (unpaired) electrons. The molecule has 0 aliphatic heterocycles. The minimum Gasteiger partial charge on any atom is -0.480 e. The van der Waals surface area contributed by atoms with Crippen LogP contribution in [0, 0.1) is 17.2 Å². The Hall–Kier alpha value is -1.91. The van der Waals surface area contributed by atoms with Gasteiger partial charge in [0.15, 0.2) is 9.84 Å². The van der Waals surface area contributed by atoms with Crippen LogP contribution in [0.15, 0.2) is 29.2 Å². The highest BCUT2D eigenvalue weighted by atomic mass is 32.2. The van der Waals surface area contributed by atoms with Crippen LogP contribution in [0.5, 0.6) is 0 Å². The van der Waals surface area contributed by atoms with Crippen molar-refractivity contribution in [2.75, 3.05) is 12.3 Å². The second-order valence-electron chi connectivity index (χ2n) is 5.06. The van der Waals surface area contributed by atoms with Crippen LogP contribution < -0.4 is 5.32 Å². The van der Waals surface area contributed by atoms with Crippen molar-refractivity contribution >= 4 is 15.8 Å². The summed E-state index contributed by atoms with van der Waals surface area (Å²) in [6.07, 6.45) is 1.73. The van der Waals surface area contributed by atoms with Crippen LogP contribution in [0.2, 0.25) is 0 Å². The van der Waals surface area contributed by atoms with Crippen LogP contribution >= 0.6 is 0 Å². The van der Waals surface area contributed by atoms with Crippen molar-refractivity contribution < 1.29 is 18.3 Å². The Bertz CT molecular complexity index is 657. The summed E-state index contributed by atoms with van der Waals surface area (Å²) in [6, 6.07) is 6.94. The van der Waals surface area contributed by atoms with Gasteiger partial charge in [-0.25, -0.2) is 8.42 Å². The van der Waals surface area contributed by atoms with Gasteiger partial charge >= 0.3 is 5.97 Å². The van der Waals surface area contributed by atoms with E-state index in [4.69, 9.17) is 10.4 Å². The summed E-state index contributed by atoms with van der Waals surface area (Å²) in [5.41, 5.74) is 0.395. The maximum atomic E-state index is 12.1. The lowest BCUT2D eigenvalue weighted by molar-refractivity contribution is -0.140. The molecule has 0 amide bonds. The SMILES string of the molecule is N#Cc1ccc(S(=O)(=O)CCNC(C(=O)O)C2CC2)cc1. The first-order chi connectivity index (χ1) is 9.94. The van der Waals surface area contributed by atoms with Gasteiger partial charge in [0.25, 0.3) is 0 Å². The molecule has 21 heavy (non-hydrogen) atoms. The molecule has 7 heteroatoms. The number of rotatable bonds is 7. The fourth-order valence-electron chi connectivity index (χ4n) is 2.09. The Labute approximate surface area is 123 Å². The number of carbonyl (C=O) groups is 1. The third-order valence-corrected chi connectivity index (χ3v) is 5.17. The lowest BCUT2D eigenvalue weighted by Gasteiger charge is -2.13. The first kappa shape index (κ1) is 15.5. The molecule has 2 N–H and O–H groups in total. The van der Waals surface area contributed by atoms with Gasteiger partial charge < -0.3 is 10.4 Å². The van der Waals surface area contributed by atoms with Crippen LogP contribution in [0.1, 0.15) is 18.4 Å². The first-order valence-corrected chi connectivity index (χ1v) is 8.28. The number of hydrogen-bond donors (Lipinski definition) is 2. The number of carboxylic acids is 1. The molecule has 1 aliphatic carbocycles. The monoisotopic (exact) mass is 308 g/mol. The Morgan fingerprint density at radius 2 is 2.00 bits per heavy atom. The van der Waals surface area contributed by atoms with Gasteiger partial charge in [-0.1, -0.05) is 0 Å². The van der Waals surface area contributed by atoms with E-state index in [1.807, 2.05) is 6.07 Å². The van der Waals surface area contributed by atoms with E-state index in [0.29, 0.717) is 5.56 Å². The number of sulfone groups is 1. The topological polar surface area (TPSA) is 107 Å². The number of aliphatic carboxylic acids is 1. The molecule has 0 bridgehead atoms. The van der Waals surface area contributed by atoms with E-state index in [0.717, 1.165) is 12.8 Å². The maximum Gasteiger partial charge on any atom is 0.320 e. The molecule has 1 atom stereocenters. The van der Waals surface area contributed by atoms with Crippen LogP contribution in [-0.2, 0) is 14.6 Å². The van der Waals surface area contributed by atoms with E-state index in [-0.39, 0.29) is 23.1 Å². The molecule has 1 fully saturated rings. The smallest absolute Gasteiger partial charge is 0.320 e. The molecule has 6 nitrogen and oxygen atoms in total. The van der Waals surface area contributed by atoms with E-state index in [2.05, 4.69) is 5.32 Å². The average molecular weight is 308 g/mol. The summed E-state index contributed by atoms with van der Waals surface area (Å²) in [5.74, 6) is -0.997. The number of benzene rings is 1. The van der Waals surface area contributed by atoms with Gasteiger partial charge in [-0.15, -0.1) is 0 Å². The van der Waals surface area contributed by atoms with Crippen molar-refractivity contribution in [3.8, 4) is 6.07 Å². The summed E-state index contributed by atoms with van der Waals surface area (Å²) >= 11 is 0. The predicted octanol–water partition coefficient (Wildman–Crippen LogP) is 0.785. The summed E-state index contributed by atoms with van der Waals surface area (Å²) < 4.78 is 24.2. The number of nitriles is 1. The van der Waals surface area contributed by atoms with Crippen LogP contribution in [-0.4, -0.2) is 37.8 Å². The van der Waals surface area contributed by atoms with Gasteiger partial charge in [-0.2, -0.15) is 5.26 Å². The Morgan fingerprint density at radius 1 is 1.38 bits per heavy atom. The third-order valence-electron chi connectivity index (χ3n) is 3.44. The second-order valence-corrected chi connectivity index (χ2v) is 7.17. The molecule has 0 spiro atoms. The zero-order valence-electron chi connectivity index (χ0n) is 11.3. The van der Waals surface area contributed by atoms with Crippen molar-refractivity contribution in [2.45, 2.75) is 23.8 Å². The Morgan fingerprint density at radius 3 is 2.48 bits per heavy atom. The molecule has 2 rings (SSSR count). The number of nitrogens with zero attached hydrogens (tertiary/aromatic N) is 1. The molecule has 0 saturated heterocycles. The predicted molar refractivity (Wildman–Crippen MR) is 75.4 cm³/mol. The molecule has 1 unspecified atom stereocenters. The lowest BCUT2D eigenvalue weighted by atomic mass is 10.2. The number of carboxylic acid groups (broad SMARTS) is 1. The normalized spacial score (nSPS) is 16.1. The molecule has 1 aliphatic rings. The molecule has 1 aromatic carbocycles. The molecule has 0 aromatic heterocycles. The fourth-order valence-corrected chi connectivity index (χ4v) is 3.26. The van der Waals surface area contributed by atoms with Gasteiger partial charge in [0.05, 0.1) is 22.3 Å². The Balaban J connectivity index is 1.94. The van der Waals surface area contributed by atoms with Crippen molar-refractivity contribution in [3.63, 3.8) is 0 Å². The first-order valence-electron chi connectivity index (χ1n) is 6.63. The van der Waals surface area contributed by atoms with E-state index in [9.17, 15) is 13.2 Å². The van der Waals surface area contributed by atoms with Gasteiger partial charge in [0, 0.05) is 6.54 Å². The van der Waals surface area contributed by atoms with Gasteiger partial charge in [0.2, 0.25) is 0 Å². The van der Waals surface area contributed by atoms with Crippen LogP contribution in [0.3, 0.4) is 0 Å². The van der Waals surface area contributed by atoms with Crippen molar-refractivity contribution in [1.29, 1.82) is 5.26 Å². The molecular formula is C14H16N2O4S. The summed E-state index contributed by atoms with van der Waals surface area (Å²) in [6.45, 7) is 0.0931. The fraction of sp³-hybridized carbons (Fsp3) is 0.429. The number of hydrogen-bond acceptors (Lipinski definition) is 5. The summed E-state index contributed by atoms with van der Waals surface area (Å²) in [5, 5.41) is 20.5. The minimum atomic E-state index is -3.48. The maximum absolute atomic E-state index is 12.1. The quantitative estimate of drug-likeness (QED) is 0.771. The highest BCUT2D eigenvalue weighted by Crippen LogP contribution is 2.32. The van der Waals surface area contributed by atoms with Crippen LogP contribution in [0.25, 0.3) is 0 Å². The van der Waals surface area contributed by atoms with Gasteiger partial charge in [-0.3, -0.25) is 4.79 Å². The van der Waals surface area contributed by atoms with Crippen molar-refractivity contribution in [1.82, 2.24) is 5.32 Å². The largest absolute Gasteiger partial charge is 0.480 e. The molecule has 112 valence electrons. The van der Waals surface area contributed by atoms with Crippen molar-refractivity contribution in [3.05, 3.63) is 29.8 Å². The lowest BCUT2D eigenvalue weighted by Crippen LogP contribution is -2.40. The van der Waals surface area contributed by atoms with E-state index >= 15 is 0 Å². The van der Waals surface area contributed by atoms with E-state index < -0.39 is 21.8 Å². The molecule has 0 heterocycles. The molecule has 1 aromatic rings. The summed E-state index contributed by atoms with van der Waals surface area (Å²) in [7, 11) is -3.48. The molecule has 1 saturated carbocycles. The summed E-state index contributed by atoms with van der Waals surface area (Å²) in [4.78, 5) is 11.2. The van der Waals surface area contributed by atoms with Crippen LogP contribution in [0.4, 0.5) is 0 Å². The number of nitrogens with one attached hydrogen (secondary N) is 1. The highest BCUT2D eigenvalue weighted by molar-refractivity contribution is 7.91. The molecular weight excluding hydrogens is 292 g/mol. The zero-order chi connectivity index (χ0) is 15.5. The minimum absolute atomic E-state index is 0.0931. The highest BCUT2D eigenvalue weighted by Gasteiger charge is 2.35. The van der Waals surface area contributed by atoms with Gasteiger partial charge in [0.1, 0.15) is 6.04 Å². The van der Waals surface area contributed by atoms with E-state index in [1.165, 1.54) is 24.3 Å². The third kappa shape index (κ3) is 4.03. The Kier molecular flexibility index (Phi) is 4.60.